The first kappa shape index (κ1) is 33.4. The van der Waals surface area contributed by atoms with Gasteiger partial charge in [-0.3, -0.25) is 38.1 Å². The van der Waals surface area contributed by atoms with E-state index in [0.717, 1.165) is 0 Å². The third-order valence-corrected chi connectivity index (χ3v) is 8.68. The van der Waals surface area contributed by atoms with Crippen molar-refractivity contribution in [3.05, 3.63) is 35.5 Å². The molecule has 3 heterocycles. The number of aromatic amines is 1. The predicted molar refractivity (Wildman–Crippen MR) is 153 cm³/mol. The van der Waals surface area contributed by atoms with Gasteiger partial charge in [-0.2, -0.15) is 4.39 Å². The Morgan fingerprint density at radius 2 is 1.84 bits per heavy atom. The molecule has 1 aromatic heterocycles. The highest BCUT2D eigenvalue weighted by Crippen LogP contribution is 2.39. The molecule has 16 nitrogen and oxygen atoms in total. The minimum atomic E-state index is -5.05. The van der Waals surface area contributed by atoms with Gasteiger partial charge in [0.1, 0.15) is 23.8 Å². The number of nitrogens with two attached hydrogens (primary N) is 1. The highest BCUT2D eigenvalue weighted by molar-refractivity contribution is 7.70. The summed E-state index contributed by atoms with van der Waals surface area (Å²) in [6.45, 7) is 1.28. The van der Waals surface area contributed by atoms with Gasteiger partial charge in [0.2, 0.25) is 23.6 Å². The maximum atomic E-state index is 13.9. The first-order chi connectivity index (χ1) is 21.1. The quantitative estimate of drug-likeness (QED) is 0.141. The standard InChI is InChI=1S/C27H32FN6O10P/c1-13(35)33-9-8-16-3-6-21(25(39)31-18(23(28)37)5-7-22(29)36)34(16)26(40)20(12-33)32-24(38)19-11-15-10-14(2-4-17(15)30-19)27(41)45(42,43)44/h2,4,10-11,16,18,20-21,30H,3,5-9,12H2,1H3,(H2,29,36)(H,31,39)(H,32,38)(H2,42,43,44)/t16?,18-,20-,21-/m0/s1. The topological polar surface area (TPSA) is 249 Å². The number of amides is 5. The Kier molecular flexibility index (Phi) is 9.85. The number of nitrogens with zero attached hydrogens (tertiary/aromatic N) is 2. The van der Waals surface area contributed by atoms with E-state index in [9.17, 15) is 52.3 Å². The van der Waals surface area contributed by atoms with Gasteiger partial charge in [-0.15, -0.1) is 0 Å². The van der Waals surface area contributed by atoms with Crippen molar-refractivity contribution in [1.29, 1.82) is 0 Å². The zero-order valence-electron chi connectivity index (χ0n) is 24.0. The van der Waals surface area contributed by atoms with E-state index in [-0.39, 0.29) is 54.9 Å². The molecular formula is C27H32FN6O10P. The molecule has 0 spiro atoms. The van der Waals surface area contributed by atoms with E-state index >= 15 is 0 Å². The van der Waals surface area contributed by atoms with E-state index in [1.165, 1.54) is 41.0 Å². The van der Waals surface area contributed by atoms with Crippen molar-refractivity contribution >= 4 is 59.6 Å². The van der Waals surface area contributed by atoms with Crippen LogP contribution in [0.1, 0.15) is 59.9 Å². The molecule has 5 amide bonds. The normalized spacial score (nSPS) is 21.0. The Labute approximate surface area is 255 Å². The van der Waals surface area contributed by atoms with Crippen molar-refractivity contribution in [3.63, 3.8) is 0 Å². The second kappa shape index (κ2) is 13.3. The molecule has 7 N–H and O–H groups in total. The summed E-state index contributed by atoms with van der Waals surface area (Å²) in [5.74, 6) is -3.45. The number of carbonyl (C=O) groups is 7. The number of aromatic nitrogens is 1. The molecule has 0 bridgehead atoms. The summed E-state index contributed by atoms with van der Waals surface area (Å²) in [6, 6.07) is -1.45. The monoisotopic (exact) mass is 650 g/mol. The summed E-state index contributed by atoms with van der Waals surface area (Å²) >= 11 is 0. The summed E-state index contributed by atoms with van der Waals surface area (Å²) < 4.78 is 25.0. The second-order valence-electron chi connectivity index (χ2n) is 11.0. The minimum absolute atomic E-state index is 0.0685. The fourth-order valence-electron chi connectivity index (χ4n) is 5.61. The van der Waals surface area contributed by atoms with Crippen LogP contribution >= 0.6 is 7.60 Å². The van der Waals surface area contributed by atoms with Gasteiger partial charge in [0.15, 0.2) is 0 Å². The number of fused-ring (bicyclic) bond motifs is 2. The highest BCUT2D eigenvalue weighted by Gasteiger charge is 2.46. The van der Waals surface area contributed by atoms with E-state index in [2.05, 4.69) is 15.6 Å². The average Bonchev–Trinajstić information content (AvgIpc) is 3.58. The Balaban J connectivity index is 1.58. The van der Waals surface area contributed by atoms with Gasteiger partial charge in [-0.25, -0.2) is 0 Å². The number of benzene rings is 1. The van der Waals surface area contributed by atoms with Crippen molar-refractivity contribution in [2.24, 2.45) is 5.73 Å². The molecule has 1 aromatic carbocycles. The second-order valence-corrected chi connectivity index (χ2v) is 12.5. The number of hydrogen-bond acceptors (Lipinski definition) is 8. The summed E-state index contributed by atoms with van der Waals surface area (Å²) in [5.41, 5.74) is 3.69. The molecule has 0 aliphatic carbocycles. The fourth-order valence-corrected chi connectivity index (χ4v) is 6.09. The van der Waals surface area contributed by atoms with Crippen LogP contribution in [-0.4, -0.2) is 103 Å². The highest BCUT2D eigenvalue weighted by atomic mass is 31.2. The van der Waals surface area contributed by atoms with Crippen molar-refractivity contribution < 1.29 is 52.3 Å². The third-order valence-electron chi connectivity index (χ3n) is 7.89. The van der Waals surface area contributed by atoms with Crippen molar-refractivity contribution in [2.45, 2.75) is 63.2 Å². The number of primary amides is 1. The summed E-state index contributed by atoms with van der Waals surface area (Å²) in [4.78, 5) is 111. The van der Waals surface area contributed by atoms with Crippen LogP contribution in [0.25, 0.3) is 10.9 Å². The van der Waals surface area contributed by atoms with Crippen LogP contribution in [0.4, 0.5) is 4.39 Å². The Hall–Kier alpha value is -4.47. The first-order valence-corrected chi connectivity index (χ1v) is 15.6. The molecule has 2 aliphatic rings. The molecular weight excluding hydrogens is 618 g/mol. The van der Waals surface area contributed by atoms with Gasteiger partial charge >= 0.3 is 13.6 Å². The van der Waals surface area contributed by atoms with Gasteiger partial charge in [-0.1, -0.05) is 0 Å². The van der Waals surface area contributed by atoms with Crippen molar-refractivity contribution in [3.8, 4) is 0 Å². The molecule has 2 aliphatic heterocycles. The zero-order chi connectivity index (χ0) is 33.2. The number of rotatable bonds is 10. The van der Waals surface area contributed by atoms with E-state index < -0.39 is 67.0 Å². The van der Waals surface area contributed by atoms with Crippen molar-refractivity contribution in [1.82, 2.24) is 25.4 Å². The van der Waals surface area contributed by atoms with E-state index in [0.29, 0.717) is 18.4 Å². The fraction of sp³-hybridized carbons (Fsp3) is 0.444. The molecule has 1 unspecified atom stereocenters. The smallest absolute Gasteiger partial charge is 0.370 e. The summed E-state index contributed by atoms with van der Waals surface area (Å²) in [7, 11) is -5.05. The van der Waals surface area contributed by atoms with Crippen LogP contribution in [0.5, 0.6) is 0 Å². The molecule has 0 saturated carbocycles. The van der Waals surface area contributed by atoms with E-state index in [1.54, 1.807) is 0 Å². The molecule has 242 valence electrons. The van der Waals surface area contributed by atoms with Gasteiger partial charge in [0.05, 0.1) is 0 Å². The van der Waals surface area contributed by atoms with Crippen LogP contribution in [0.2, 0.25) is 0 Å². The number of carbonyl (C=O) groups excluding carboxylic acids is 7. The molecule has 45 heavy (non-hydrogen) atoms. The predicted octanol–water partition coefficient (Wildman–Crippen LogP) is -0.558. The Morgan fingerprint density at radius 3 is 2.47 bits per heavy atom. The lowest BCUT2D eigenvalue weighted by Gasteiger charge is -2.38. The number of halogens is 1. The third kappa shape index (κ3) is 7.61. The molecule has 18 heteroatoms. The SMILES string of the molecule is CC(=O)N1CCC2CC[C@@H](C(=O)N[C@@H](CCC(N)=O)C(=O)F)N2C(=O)[C@@H](NC(=O)c2cc3cc(C(=O)P(=O)(O)O)ccc3[nH]2)C1. The number of nitrogens with one attached hydrogen (secondary N) is 3. The van der Waals surface area contributed by atoms with Crippen LogP contribution in [0.15, 0.2) is 24.3 Å². The van der Waals surface area contributed by atoms with Crippen LogP contribution < -0.4 is 16.4 Å². The lowest BCUT2D eigenvalue weighted by Crippen LogP contribution is -2.61. The Bertz CT molecular complexity index is 1620. The van der Waals surface area contributed by atoms with Gasteiger partial charge in [0, 0.05) is 48.9 Å². The lowest BCUT2D eigenvalue weighted by atomic mass is 10.1. The summed E-state index contributed by atoms with van der Waals surface area (Å²) in [6.07, 6.45) is 0.0977. The van der Waals surface area contributed by atoms with Crippen LogP contribution in [-0.2, 0) is 28.5 Å². The van der Waals surface area contributed by atoms with Crippen molar-refractivity contribution in [2.75, 3.05) is 13.1 Å². The van der Waals surface area contributed by atoms with Crippen LogP contribution in [0, 0.1) is 0 Å². The van der Waals surface area contributed by atoms with E-state index in [1.807, 2.05) is 0 Å². The van der Waals surface area contributed by atoms with Gasteiger partial charge < -0.3 is 40.9 Å². The molecule has 4 atom stereocenters. The van der Waals surface area contributed by atoms with Gasteiger partial charge in [-0.05, 0) is 49.9 Å². The minimum Gasteiger partial charge on any atom is -0.370 e. The van der Waals surface area contributed by atoms with Crippen LogP contribution in [0.3, 0.4) is 0 Å². The molecule has 4 rings (SSSR count). The largest absolute Gasteiger partial charge is 0.396 e. The maximum absolute atomic E-state index is 13.9. The average molecular weight is 651 g/mol. The lowest BCUT2D eigenvalue weighted by molar-refractivity contribution is -0.145. The first-order valence-electron chi connectivity index (χ1n) is 14.0. The Morgan fingerprint density at radius 1 is 1.13 bits per heavy atom. The molecule has 0 radical (unpaired) electrons. The number of H-pyrrole nitrogens is 1. The molecule has 2 fully saturated rings. The summed E-state index contributed by atoms with van der Waals surface area (Å²) in [5, 5.41) is 5.11. The molecule has 2 aromatic rings. The van der Waals surface area contributed by atoms with Gasteiger partial charge in [0.25, 0.3) is 11.4 Å². The maximum Gasteiger partial charge on any atom is 0.396 e. The zero-order valence-corrected chi connectivity index (χ0v) is 24.9. The molecule has 2 saturated heterocycles. The van der Waals surface area contributed by atoms with E-state index in [4.69, 9.17) is 5.73 Å². The number of hydrogen-bond donors (Lipinski definition) is 6.